The Bertz CT molecular complexity index is 1100. The molecule has 2 heterocycles. The molecule has 0 radical (unpaired) electrons. The second-order valence-electron chi connectivity index (χ2n) is 8.52. The molecule has 3 atom stereocenters. The molecule has 0 amide bonds. The van der Waals surface area contributed by atoms with Crippen LogP contribution >= 0.6 is 0 Å². The van der Waals surface area contributed by atoms with Gasteiger partial charge in [0.25, 0.3) is 0 Å². The SMILES string of the molecule is O=C(CC(O)C(=O)ON1CCC[C@@H]1c1cc(F)ccc1F)ON1CCC[C@@H]1c1cc(F)ccc1F. The molecular formula is C24H24F4N2O5. The Labute approximate surface area is 198 Å². The van der Waals surface area contributed by atoms with Crippen molar-refractivity contribution in [2.45, 2.75) is 50.3 Å². The Morgan fingerprint density at radius 1 is 0.857 bits per heavy atom. The molecule has 2 aromatic carbocycles. The first-order valence-corrected chi connectivity index (χ1v) is 11.3. The topological polar surface area (TPSA) is 79.3 Å². The third kappa shape index (κ3) is 5.80. The minimum Gasteiger partial charge on any atom is -0.381 e. The zero-order chi connectivity index (χ0) is 25.1. The summed E-state index contributed by atoms with van der Waals surface area (Å²) < 4.78 is 55.5. The Hall–Kier alpha value is -3.02. The molecule has 11 heteroatoms. The summed E-state index contributed by atoms with van der Waals surface area (Å²) >= 11 is 0. The molecule has 1 N–H and O–H groups in total. The number of hydrogen-bond acceptors (Lipinski definition) is 7. The molecule has 1 unspecified atom stereocenters. The van der Waals surface area contributed by atoms with Crippen LogP contribution in [0.15, 0.2) is 36.4 Å². The maximum atomic E-state index is 14.2. The average Bonchev–Trinajstić information content (AvgIpc) is 3.46. The summed E-state index contributed by atoms with van der Waals surface area (Å²) in [5.41, 5.74) is 0.0637. The molecule has 0 bridgehead atoms. The number of halogens is 4. The first kappa shape index (κ1) is 25.1. The van der Waals surface area contributed by atoms with Gasteiger partial charge in [-0.25, -0.2) is 22.4 Å². The van der Waals surface area contributed by atoms with Crippen LogP contribution in [0.3, 0.4) is 0 Å². The molecule has 2 fully saturated rings. The summed E-state index contributed by atoms with van der Waals surface area (Å²) in [5.74, 6) is -4.68. The van der Waals surface area contributed by atoms with Crippen LogP contribution in [-0.4, -0.2) is 46.4 Å². The normalized spacial score (nSPS) is 21.7. The summed E-state index contributed by atoms with van der Waals surface area (Å²) in [6.07, 6.45) is -0.706. The highest BCUT2D eigenvalue weighted by molar-refractivity contribution is 5.81. The summed E-state index contributed by atoms with van der Waals surface area (Å²) in [7, 11) is 0. The van der Waals surface area contributed by atoms with Crippen LogP contribution in [0.1, 0.15) is 55.3 Å². The number of rotatable bonds is 7. The Balaban J connectivity index is 1.34. The van der Waals surface area contributed by atoms with Crippen molar-refractivity contribution in [2.24, 2.45) is 0 Å². The van der Waals surface area contributed by atoms with E-state index in [2.05, 4.69) is 0 Å². The average molecular weight is 496 g/mol. The van der Waals surface area contributed by atoms with Crippen molar-refractivity contribution in [3.8, 4) is 0 Å². The molecule has 7 nitrogen and oxygen atoms in total. The van der Waals surface area contributed by atoms with Crippen LogP contribution < -0.4 is 0 Å². The van der Waals surface area contributed by atoms with Crippen LogP contribution in [0.2, 0.25) is 0 Å². The van der Waals surface area contributed by atoms with Gasteiger partial charge in [0, 0.05) is 24.2 Å². The second kappa shape index (κ2) is 10.7. The predicted octanol–water partition coefficient (Wildman–Crippen LogP) is 3.88. The van der Waals surface area contributed by atoms with Crippen LogP contribution in [0, 0.1) is 23.3 Å². The van der Waals surface area contributed by atoms with E-state index >= 15 is 0 Å². The highest BCUT2D eigenvalue weighted by Gasteiger charge is 2.35. The van der Waals surface area contributed by atoms with Crippen molar-refractivity contribution in [1.82, 2.24) is 10.1 Å². The molecule has 2 aliphatic heterocycles. The maximum absolute atomic E-state index is 14.2. The van der Waals surface area contributed by atoms with Crippen LogP contribution in [0.4, 0.5) is 17.6 Å². The smallest absolute Gasteiger partial charge is 0.354 e. The molecule has 4 rings (SSSR count). The fourth-order valence-corrected chi connectivity index (χ4v) is 4.45. The van der Waals surface area contributed by atoms with Gasteiger partial charge >= 0.3 is 11.9 Å². The summed E-state index contributed by atoms with van der Waals surface area (Å²) in [6.45, 7) is 0.500. The second-order valence-corrected chi connectivity index (χ2v) is 8.52. The standard InChI is InChI=1S/C24H24F4N2O5/c25-14-5-7-18(27)16(11-14)20-3-1-9-29(20)34-23(32)13-22(31)24(33)35-30-10-2-4-21(30)17-12-15(26)6-8-19(17)28/h5-8,11-12,20-22,31H,1-4,9-10,13H2/t20-,21-,22?/m1/s1. The first-order valence-electron chi connectivity index (χ1n) is 11.3. The van der Waals surface area contributed by atoms with E-state index in [9.17, 15) is 32.3 Å². The zero-order valence-corrected chi connectivity index (χ0v) is 18.6. The Morgan fingerprint density at radius 2 is 1.34 bits per heavy atom. The number of aliphatic hydroxyl groups excluding tert-OH is 1. The number of carbonyl (C=O) groups excluding carboxylic acids is 2. The van der Waals surface area contributed by atoms with Gasteiger partial charge in [-0.2, -0.15) is 0 Å². The number of nitrogens with zero attached hydrogens (tertiary/aromatic N) is 2. The summed E-state index contributed by atoms with van der Waals surface area (Å²) in [5, 5.41) is 12.5. The Morgan fingerprint density at radius 3 is 1.86 bits per heavy atom. The molecule has 2 saturated heterocycles. The molecule has 188 valence electrons. The van der Waals surface area contributed by atoms with E-state index < -0.39 is 59.8 Å². The fraction of sp³-hybridized carbons (Fsp3) is 0.417. The van der Waals surface area contributed by atoms with Gasteiger partial charge in [0.15, 0.2) is 6.10 Å². The zero-order valence-electron chi connectivity index (χ0n) is 18.6. The minimum absolute atomic E-state index is 0.0221. The largest absolute Gasteiger partial charge is 0.381 e. The molecule has 0 spiro atoms. The van der Waals surface area contributed by atoms with E-state index in [0.29, 0.717) is 25.7 Å². The fourth-order valence-electron chi connectivity index (χ4n) is 4.45. The molecular weight excluding hydrogens is 472 g/mol. The summed E-state index contributed by atoms with van der Waals surface area (Å²) in [4.78, 5) is 35.1. The predicted molar refractivity (Wildman–Crippen MR) is 113 cm³/mol. The first-order chi connectivity index (χ1) is 16.7. The highest BCUT2D eigenvalue weighted by atomic mass is 19.1. The van der Waals surface area contributed by atoms with Gasteiger partial charge in [-0.05, 0) is 62.1 Å². The van der Waals surface area contributed by atoms with Gasteiger partial charge in [-0.1, -0.05) is 0 Å². The monoisotopic (exact) mass is 496 g/mol. The van der Waals surface area contributed by atoms with Gasteiger partial charge in [0.2, 0.25) is 0 Å². The lowest BCUT2D eigenvalue weighted by atomic mass is 10.0. The molecule has 2 aliphatic rings. The van der Waals surface area contributed by atoms with E-state index in [1.54, 1.807) is 0 Å². The molecule has 0 aliphatic carbocycles. The van der Waals surface area contributed by atoms with Gasteiger partial charge < -0.3 is 14.8 Å². The van der Waals surface area contributed by atoms with Crippen LogP contribution in [0.5, 0.6) is 0 Å². The van der Waals surface area contributed by atoms with Crippen molar-refractivity contribution < 1.29 is 41.9 Å². The van der Waals surface area contributed by atoms with Crippen molar-refractivity contribution in [3.63, 3.8) is 0 Å². The Kier molecular flexibility index (Phi) is 7.68. The molecule has 0 saturated carbocycles. The lowest BCUT2D eigenvalue weighted by Gasteiger charge is -2.25. The summed E-state index contributed by atoms with van der Waals surface area (Å²) in [6, 6.07) is 4.55. The lowest BCUT2D eigenvalue weighted by molar-refractivity contribution is -0.211. The van der Waals surface area contributed by atoms with Gasteiger partial charge in [0.1, 0.15) is 23.3 Å². The van der Waals surface area contributed by atoms with E-state index in [-0.39, 0.29) is 24.2 Å². The van der Waals surface area contributed by atoms with Gasteiger partial charge in [-0.3, -0.25) is 4.79 Å². The van der Waals surface area contributed by atoms with Crippen LogP contribution in [-0.2, 0) is 19.3 Å². The van der Waals surface area contributed by atoms with Gasteiger partial charge in [-0.15, -0.1) is 10.1 Å². The maximum Gasteiger partial charge on any atom is 0.354 e. The lowest BCUT2D eigenvalue weighted by Crippen LogP contribution is -2.36. The number of benzene rings is 2. The van der Waals surface area contributed by atoms with E-state index in [1.807, 2.05) is 0 Å². The quantitative estimate of drug-likeness (QED) is 0.583. The molecule has 2 aromatic rings. The van der Waals surface area contributed by atoms with Crippen molar-refractivity contribution in [1.29, 1.82) is 0 Å². The number of hydrogen-bond donors (Lipinski definition) is 1. The van der Waals surface area contributed by atoms with Gasteiger partial charge in [0.05, 0.1) is 18.5 Å². The van der Waals surface area contributed by atoms with E-state index in [4.69, 9.17) is 9.68 Å². The third-order valence-corrected chi connectivity index (χ3v) is 6.10. The number of carbonyl (C=O) groups is 2. The van der Waals surface area contributed by atoms with E-state index in [0.717, 1.165) is 41.5 Å². The molecule has 0 aromatic heterocycles. The van der Waals surface area contributed by atoms with Crippen LogP contribution in [0.25, 0.3) is 0 Å². The van der Waals surface area contributed by atoms with Crippen molar-refractivity contribution in [3.05, 3.63) is 70.8 Å². The number of aliphatic hydroxyl groups is 1. The number of hydroxylamine groups is 4. The minimum atomic E-state index is -1.88. The van der Waals surface area contributed by atoms with Crippen molar-refractivity contribution >= 4 is 11.9 Å². The highest BCUT2D eigenvalue weighted by Crippen LogP contribution is 2.35. The third-order valence-electron chi connectivity index (χ3n) is 6.10. The molecule has 35 heavy (non-hydrogen) atoms. The van der Waals surface area contributed by atoms with Crippen molar-refractivity contribution in [2.75, 3.05) is 13.1 Å². The van der Waals surface area contributed by atoms with E-state index in [1.165, 1.54) is 5.06 Å².